The molecule has 0 radical (unpaired) electrons. The van der Waals surface area contributed by atoms with Gasteiger partial charge in [-0.3, -0.25) is 9.48 Å². The van der Waals surface area contributed by atoms with Crippen LogP contribution in [0.2, 0.25) is 0 Å². The van der Waals surface area contributed by atoms with E-state index in [9.17, 15) is 4.79 Å². The van der Waals surface area contributed by atoms with Gasteiger partial charge < -0.3 is 29.7 Å². The number of fused-ring (bicyclic) bond motifs is 2. The molecule has 0 aliphatic carbocycles. The first kappa shape index (κ1) is 24.0. The lowest BCUT2D eigenvalue weighted by Gasteiger charge is -2.28. The van der Waals surface area contributed by atoms with E-state index < -0.39 is 17.4 Å². The van der Waals surface area contributed by atoms with Gasteiger partial charge in [0.25, 0.3) is 5.56 Å². The Hall–Kier alpha value is -4.36. The number of aryl methyl sites for hydroxylation is 1. The molecular formula is C25H26FN9O3. The van der Waals surface area contributed by atoms with Crippen molar-refractivity contribution >= 4 is 33.4 Å². The zero-order chi connectivity index (χ0) is 26.2. The summed E-state index contributed by atoms with van der Waals surface area (Å²) in [6.07, 6.45) is 4.98. The van der Waals surface area contributed by atoms with Gasteiger partial charge in [0.15, 0.2) is 11.6 Å². The highest BCUT2D eigenvalue weighted by molar-refractivity contribution is 5.97. The maximum Gasteiger partial charge on any atom is 0.261 e. The third-order valence-corrected chi connectivity index (χ3v) is 6.48. The molecule has 1 aromatic carbocycles. The Kier molecular flexibility index (Phi) is 6.21. The van der Waals surface area contributed by atoms with E-state index in [1.54, 1.807) is 43.5 Å². The molecular weight excluding hydrogens is 493 g/mol. The van der Waals surface area contributed by atoms with Crippen LogP contribution in [0.3, 0.4) is 0 Å². The summed E-state index contributed by atoms with van der Waals surface area (Å²) in [5.41, 5.74) is 2.58. The molecule has 0 bridgehead atoms. The highest BCUT2D eigenvalue weighted by Gasteiger charge is 2.25. The Bertz CT molecular complexity index is 1660. The quantitative estimate of drug-likeness (QED) is 0.296. The largest absolute Gasteiger partial charge is 0.382 e. The number of rotatable bonds is 7. The summed E-state index contributed by atoms with van der Waals surface area (Å²) in [7, 11) is 3.33. The molecule has 5 heterocycles. The molecule has 3 N–H and O–H groups in total. The van der Waals surface area contributed by atoms with Crippen LogP contribution >= 0.6 is 0 Å². The molecule has 5 aromatic rings. The number of aromatic nitrogens is 7. The van der Waals surface area contributed by atoms with Gasteiger partial charge in [0.1, 0.15) is 28.5 Å². The Morgan fingerprint density at radius 1 is 1.16 bits per heavy atom. The molecule has 6 rings (SSSR count). The van der Waals surface area contributed by atoms with Gasteiger partial charge in [-0.1, -0.05) is 0 Å². The average molecular weight is 520 g/mol. The molecule has 1 aliphatic heterocycles. The Balaban J connectivity index is 1.50. The van der Waals surface area contributed by atoms with Gasteiger partial charge in [0, 0.05) is 51.5 Å². The van der Waals surface area contributed by atoms with Crippen molar-refractivity contribution in [3.05, 3.63) is 58.8 Å². The summed E-state index contributed by atoms with van der Waals surface area (Å²) in [6.45, 7) is 2.71. The number of nitrogens with zero attached hydrogens (tertiary/aromatic N) is 6. The lowest BCUT2D eigenvalue weighted by Crippen LogP contribution is -2.36. The van der Waals surface area contributed by atoms with Crippen molar-refractivity contribution in [1.82, 2.24) is 34.7 Å². The minimum absolute atomic E-state index is 0.142. The van der Waals surface area contributed by atoms with E-state index in [4.69, 9.17) is 9.47 Å². The predicted molar refractivity (Wildman–Crippen MR) is 140 cm³/mol. The van der Waals surface area contributed by atoms with Crippen molar-refractivity contribution in [3.63, 3.8) is 0 Å². The van der Waals surface area contributed by atoms with E-state index in [0.717, 1.165) is 5.69 Å². The molecule has 13 heteroatoms. The third-order valence-electron chi connectivity index (χ3n) is 6.48. The van der Waals surface area contributed by atoms with Gasteiger partial charge in [-0.05, 0) is 18.2 Å². The van der Waals surface area contributed by atoms with Crippen molar-refractivity contribution in [2.24, 2.45) is 7.05 Å². The standard InChI is InChI=1S/C25H26FN9O3/c1-34-12-17-21(33-34)22(29-18(13-37-2)23-27-4-3-5-28-23)19(25(36)31-17)24-30-16-11-14(10-15(26)20(16)32-24)35-6-8-38-9-7-35/h3-5,10-12,18,29H,6-9,13H2,1-2H3,(H,30,32)(H,31,36)/t18-/m0/s1. The van der Waals surface area contributed by atoms with Gasteiger partial charge >= 0.3 is 0 Å². The highest BCUT2D eigenvalue weighted by atomic mass is 19.1. The van der Waals surface area contributed by atoms with Crippen LogP contribution in [0, 0.1) is 5.82 Å². The number of imidazole rings is 1. The number of pyridine rings is 1. The molecule has 0 spiro atoms. The smallest absolute Gasteiger partial charge is 0.261 e. The first-order valence-electron chi connectivity index (χ1n) is 12.2. The number of ether oxygens (including phenoxy) is 2. The number of morpholine rings is 1. The predicted octanol–water partition coefficient (Wildman–Crippen LogP) is 2.37. The van der Waals surface area contributed by atoms with Gasteiger partial charge in [-0.2, -0.15) is 5.10 Å². The maximum atomic E-state index is 15.2. The van der Waals surface area contributed by atoms with E-state index in [1.165, 1.54) is 6.07 Å². The Morgan fingerprint density at radius 2 is 1.95 bits per heavy atom. The van der Waals surface area contributed by atoms with Crippen LogP contribution in [0.1, 0.15) is 11.9 Å². The number of aromatic amines is 2. The van der Waals surface area contributed by atoms with Crippen LogP contribution < -0.4 is 15.8 Å². The molecule has 38 heavy (non-hydrogen) atoms. The van der Waals surface area contributed by atoms with Crippen molar-refractivity contribution in [2.45, 2.75) is 6.04 Å². The fourth-order valence-electron chi connectivity index (χ4n) is 4.74. The zero-order valence-corrected chi connectivity index (χ0v) is 20.9. The first-order chi connectivity index (χ1) is 18.5. The number of hydrogen-bond donors (Lipinski definition) is 3. The summed E-state index contributed by atoms with van der Waals surface area (Å²) in [6, 6.07) is 4.52. The average Bonchev–Trinajstić information content (AvgIpc) is 3.52. The van der Waals surface area contributed by atoms with Crippen molar-refractivity contribution in [1.29, 1.82) is 0 Å². The van der Waals surface area contributed by atoms with E-state index in [1.807, 2.05) is 6.07 Å². The van der Waals surface area contributed by atoms with Crippen molar-refractivity contribution in [2.75, 3.05) is 50.2 Å². The van der Waals surface area contributed by atoms with Gasteiger partial charge in [-0.15, -0.1) is 0 Å². The van der Waals surface area contributed by atoms with Crippen LogP contribution in [0.4, 0.5) is 15.8 Å². The Labute approximate surface area is 215 Å². The second-order valence-electron chi connectivity index (χ2n) is 9.04. The van der Waals surface area contributed by atoms with Crippen molar-refractivity contribution in [3.8, 4) is 11.4 Å². The molecule has 0 amide bonds. The summed E-state index contributed by atoms with van der Waals surface area (Å²) in [5.74, 6) is 0.209. The van der Waals surface area contributed by atoms with E-state index >= 15 is 4.39 Å². The van der Waals surface area contributed by atoms with E-state index in [-0.39, 0.29) is 23.5 Å². The number of methoxy groups -OCH3 is 1. The number of benzene rings is 1. The number of H-pyrrole nitrogens is 2. The summed E-state index contributed by atoms with van der Waals surface area (Å²) in [4.78, 5) is 34.7. The molecule has 1 fully saturated rings. The number of nitrogens with one attached hydrogen (secondary N) is 3. The lowest BCUT2D eigenvalue weighted by atomic mass is 10.1. The van der Waals surface area contributed by atoms with Gasteiger partial charge in [-0.25, -0.2) is 19.3 Å². The Morgan fingerprint density at radius 3 is 2.71 bits per heavy atom. The maximum absolute atomic E-state index is 15.2. The highest BCUT2D eigenvalue weighted by Crippen LogP contribution is 2.34. The normalized spacial score (nSPS) is 14.9. The molecule has 1 aliphatic rings. The fourth-order valence-corrected chi connectivity index (χ4v) is 4.74. The second kappa shape index (κ2) is 9.84. The SMILES string of the molecule is COC[C@H](Nc1c(-c2nc3c(F)cc(N4CCOCC4)cc3[nH]2)c(=O)[nH]c2cn(C)nc12)c1ncccn1. The van der Waals surface area contributed by atoms with Crippen LogP contribution in [0.15, 0.2) is 41.6 Å². The summed E-state index contributed by atoms with van der Waals surface area (Å²) >= 11 is 0. The monoisotopic (exact) mass is 519 g/mol. The van der Waals surface area contributed by atoms with Gasteiger partial charge in [0.05, 0.1) is 36.5 Å². The molecule has 1 atom stereocenters. The summed E-state index contributed by atoms with van der Waals surface area (Å²) < 4.78 is 27.7. The molecule has 1 saturated heterocycles. The van der Waals surface area contributed by atoms with Crippen LogP contribution in [-0.2, 0) is 16.5 Å². The lowest BCUT2D eigenvalue weighted by molar-refractivity contribution is 0.122. The first-order valence-corrected chi connectivity index (χ1v) is 12.2. The third kappa shape index (κ3) is 4.35. The van der Waals surface area contributed by atoms with Crippen LogP contribution in [-0.4, -0.2) is 74.7 Å². The minimum atomic E-state index is -0.499. The number of hydrogen-bond acceptors (Lipinski definition) is 9. The number of halogens is 1. The number of anilines is 2. The molecule has 4 aromatic heterocycles. The molecule has 12 nitrogen and oxygen atoms in total. The van der Waals surface area contributed by atoms with Crippen LogP contribution in [0.5, 0.6) is 0 Å². The van der Waals surface area contributed by atoms with Crippen molar-refractivity contribution < 1.29 is 13.9 Å². The molecule has 0 unspecified atom stereocenters. The minimum Gasteiger partial charge on any atom is -0.382 e. The molecule has 0 saturated carbocycles. The fraction of sp³-hybridized carbons (Fsp3) is 0.320. The van der Waals surface area contributed by atoms with Crippen LogP contribution in [0.25, 0.3) is 33.5 Å². The molecule has 196 valence electrons. The second-order valence-corrected chi connectivity index (χ2v) is 9.04. The van der Waals surface area contributed by atoms with E-state index in [2.05, 4.69) is 40.2 Å². The van der Waals surface area contributed by atoms with E-state index in [0.29, 0.717) is 54.4 Å². The summed E-state index contributed by atoms with van der Waals surface area (Å²) in [5, 5.41) is 7.92. The van der Waals surface area contributed by atoms with Gasteiger partial charge in [0.2, 0.25) is 0 Å². The zero-order valence-electron chi connectivity index (χ0n) is 20.9. The topological polar surface area (TPSA) is 139 Å².